The molecular weight excluding hydrogens is 342 g/mol. The first kappa shape index (κ1) is 22.0. The van der Waals surface area contributed by atoms with E-state index in [-0.39, 0.29) is 6.61 Å². The van der Waals surface area contributed by atoms with Crippen LogP contribution in [0.15, 0.2) is 18.2 Å². The molecule has 1 fully saturated rings. The Morgan fingerprint density at radius 3 is 2.44 bits per heavy atom. The molecule has 1 aliphatic heterocycles. The van der Waals surface area contributed by atoms with Crippen molar-refractivity contribution in [2.24, 2.45) is 5.92 Å². The molecule has 1 aliphatic rings. The first-order valence-electron chi connectivity index (χ1n) is 10.1. The maximum atomic E-state index is 10.3. The molecule has 1 atom stereocenters. The molecule has 2 N–H and O–H groups in total. The number of nitrogens with one attached hydrogen (secondary N) is 1. The highest BCUT2D eigenvalue weighted by molar-refractivity contribution is 5.43. The van der Waals surface area contributed by atoms with E-state index in [2.05, 4.69) is 35.9 Å². The quantitative estimate of drug-likeness (QED) is 0.612. The van der Waals surface area contributed by atoms with Crippen molar-refractivity contribution in [3.8, 4) is 11.5 Å². The molecule has 154 valence electrons. The Morgan fingerprint density at radius 1 is 1.11 bits per heavy atom. The minimum Gasteiger partial charge on any atom is -0.493 e. The number of rotatable bonds is 11. The molecule has 0 spiro atoms. The summed E-state index contributed by atoms with van der Waals surface area (Å²) in [6, 6.07) is 5.97. The first-order valence-corrected chi connectivity index (χ1v) is 10.1. The van der Waals surface area contributed by atoms with Crippen LogP contribution in [0.2, 0.25) is 0 Å². The van der Waals surface area contributed by atoms with Crippen molar-refractivity contribution in [3.05, 3.63) is 23.8 Å². The number of likely N-dealkylation sites (N-methyl/N-ethyl adjacent to an activating group) is 1. The predicted octanol–water partition coefficient (Wildman–Crippen LogP) is 1.82. The van der Waals surface area contributed by atoms with Gasteiger partial charge in [0.2, 0.25) is 0 Å². The molecule has 6 heteroatoms. The van der Waals surface area contributed by atoms with Crippen LogP contribution in [0.25, 0.3) is 0 Å². The van der Waals surface area contributed by atoms with Crippen molar-refractivity contribution >= 4 is 0 Å². The van der Waals surface area contributed by atoms with Crippen LogP contribution >= 0.6 is 0 Å². The Morgan fingerprint density at radius 2 is 1.81 bits per heavy atom. The van der Waals surface area contributed by atoms with Crippen molar-refractivity contribution < 1.29 is 14.6 Å². The van der Waals surface area contributed by atoms with Crippen molar-refractivity contribution in [2.75, 3.05) is 59.5 Å². The maximum absolute atomic E-state index is 10.3. The van der Waals surface area contributed by atoms with Crippen molar-refractivity contribution in [2.45, 2.75) is 33.4 Å². The molecule has 2 rings (SSSR count). The average molecular weight is 380 g/mol. The zero-order valence-corrected chi connectivity index (χ0v) is 17.4. The molecule has 6 nitrogen and oxygen atoms in total. The Hall–Kier alpha value is -1.34. The molecule has 0 aromatic heterocycles. The molecule has 0 bridgehead atoms. The van der Waals surface area contributed by atoms with E-state index in [0.29, 0.717) is 24.0 Å². The molecule has 1 aromatic carbocycles. The zero-order chi connectivity index (χ0) is 19.6. The normalized spacial score (nSPS) is 17.3. The SMILES string of the molecule is CCN1CCN(CC(O)COc2ccc(CNCC(C)C)cc2OC)CC1. The summed E-state index contributed by atoms with van der Waals surface area (Å²) in [5.41, 5.74) is 1.16. The van der Waals surface area contributed by atoms with E-state index in [1.165, 1.54) is 0 Å². The van der Waals surface area contributed by atoms with Gasteiger partial charge in [0.1, 0.15) is 12.7 Å². The monoisotopic (exact) mass is 379 g/mol. The second kappa shape index (κ2) is 11.5. The highest BCUT2D eigenvalue weighted by atomic mass is 16.5. The Labute approximate surface area is 164 Å². The van der Waals surface area contributed by atoms with E-state index in [0.717, 1.165) is 51.4 Å². The lowest BCUT2D eigenvalue weighted by Crippen LogP contribution is -2.49. The summed E-state index contributed by atoms with van der Waals surface area (Å²) in [5.74, 6) is 2.02. The maximum Gasteiger partial charge on any atom is 0.161 e. The van der Waals surface area contributed by atoms with Crippen molar-refractivity contribution in [1.82, 2.24) is 15.1 Å². The second-order valence-corrected chi connectivity index (χ2v) is 7.71. The van der Waals surface area contributed by atoms with E-state index in [1.807, 2.05) is 18.2 Å². The third kappa shape index (κ3) is 7.66. The highest BCUT2D eigenvalue weighted by Gasteiger charge is 2.19. The van der Waals surface area contributed by atoms with E-state index in [4.69, 9.17) is 9.47 Å². The summed E-state index contributed by atoms with van der Waals surface area (Å²) in [6.07, 6.45) is -0.504. The number of aliphatic hydroxyl groups is 1. The van der Waals surface area contributed by atoms with Gasteiger partial charge >= 0.3 is 0 Å². The van der Waals surface area contributed by atoms with Crippen molar-refractivity contribution in [3.63, 3.8) is 0 Å². The van der Waals surface area contributed by atoms with Gasteiger partial charge in [-0.2, -0.15) is 0 Å². The fraction of sp³-hybridized carbons (Fsp3) is 0.714. The minimum atomic E-state index is -0.504. The van der Waals surface area contributed by atoms with Gasteiger partial charge in [-0.05, 0) is 36.7 Å². The van der Waals surface area contributed by atoms with Crippen LogP contribution in [-0.4, -0.2) is 80.5 Å². The Kier molecular flexibility index (Phi) is 9.34. The standard InChI is InChI=1S/C21H37N3O3/c1-5-23-8-10-24(11-9-23)15-19(25)16-27-20-7-6-18(12-21(20)26-4)14-22-13-17(2)3/h6-7,12,17,19,22,25H,5,8-11,13-16H2,1-4H3. The number of benzene rings is 1. The van der Waals surface area contributed by atoms with E-state index < -0.39 is 6.10 Å². The number of hydrogen-bond acceptors (Lipinski definition) is 6. The smallest absolute Gasteiger partial charge is 0.161 e. The van der Waals surface area contributed by atoms with Gasteiger partial charge in [0.05, 0.1) is 7.11 Å². The van der Waals surface area contributed by atoms with E-state index in [1.54, 1.807) is 7.11 Å². The predicted molar refractivity (Wildman–Crippen MR) is 110 cm³/mol. The third-order valence-electron chi connectivity index (χ3n) is 4.92. The summed E-state index contributed by atoms with van der Waals surface area (Å²) in [5, 5.41) is 13.8. The van der Waals surface area contributed by atoms with Gasteiger partial charge in [-0.1, -0.05) is 26.8 Å². The van der Waals surface area contributed by atoms with Crippen LogP contribution in [0.1, 0.15) is 26.3 Å². The van der Waals surface area contributed by atoms with Crippen LogP contribution in [-0.2, 0) is 6.54 Å². The van der Waals surface area contributed by atoms with E-state index >= 15 is 0 Å². The molecule has 0 amide bonds. The van der Waals surface area contributed by atoms with Gasteiger partial charge in [-0.3, -0.25) is 4.90 Å². The molecule has 1 saturated heterocycles. The molecule has 0 saturated carbocycles. The largest absolute Gasteiger partial charge is 0.493 e. The number of hydrogen-bond donors (Lipinski definition) is 2. The number of nitrogens with zero attached hydrogens (tertiary/aromatic N) is 2. The lowest BCUT2D eigenvalue weighted by Gasteiger charge is -2.34. The molecule has 1 heterocycles. The lowest BCUT2D eigenvalue weighted by molar-refractivity contribution is 0.0464. The lowest BCUT2D eigenvalue weighted by atomic mass is 10.2. The molecule has 27 heavy (non-hydrogen) atoms. The number of methoxy groups -OCH3 is 1. The van der Waals surface area contributed by atoms with Crippen LogP contribution in [0.5, 0.6) is 11.5 Å². The molecule has 0 radical (unpaired) electrons. The number of β-amino-alcohol motifs (C(OH)–C–C–N with tert-alkyl or cyclic N) is 1. The average Bonchev–Trinajstić information content (AvgIpc) is 2.67. The summed E-state index contributed by atoms with van der Waals surface area (Å²) >= 11 is 0. The van der Waals surface area contributed by atoms with Gasteiger partial charge in [0.15, 0.2) is 11.5 Å². The third-order valence-corrected chi connectivity index (χ3v) is 4.92. The second-order valence-electron chi connectivity index (χ2n) is 7.71. The van der Waals surface area contributed by atoms with E-state index in [9.17, 15) is 5.11 Å². The summed E-state index contributed by atoms with van der Waals surface area (Å²) in [6.45, 7) is 14.6. The first-order chi connectivity index (χ1) is 13.0. The molecule has 1 unspecified atom stereocenters. The number of aliphatic hydroxyl groups excluding tert-OH is 1. The number of ether oxygens (including phenoxy) is 2. The fourth-order valence-corrected chi connectivity index (χ4v) is 3.27. The van der Waals surface area contributed by atoms with Gasteiger partial charge < -0.3 is 24.8 Å². The summed E-state index contributed by atoms with van der Waals surface area (Å²) < 4.78 is 11.3. The Bertz CT molecular complexity index is 545. The molecule has 0 aliphatic carbocycles. The highest BCUT2D eigenvalue weighted by Crippen LogP contribution is 2.28. The van der Waals surface area contributed by atoms with Crippen LogP contribution in [0, 0.1) is 5.92 Å². The van der Waals surface area contributed by atoms with Crippen LogP contribution < -0.4 is 14.8 Å². The van der Waals surface area contributed by atoms with Gasteiger partial charge in [0, 0.05) is 39.3 Å². The summed E-state index contributed by atoms with van der Waals surface area (Å²) in [7, 11) is 1.65. The topological polar surface area (TPSA) is 57.2 Å². The van der Waals surface area contributed by atoms with Crippen molar-refractivity contribution in [1.29, 1.82) is 0 Å². The zero-order valence-electron chi connectivity index (χ0n) is 17.4. The van der Waals surface area contributed by atoms with Crippen LogP contribution in [0.3, 0.4) is 0 Å². The Balaban J connectivity index is 1.78. The van der Waals surface area contributed by atoms with Gasteiger partial charge in [-0.15, -0.1) is 0 Å². The molecular formula is C21H37N3O3. The number of piperazine rings is 1. The van der Waals surface area contributed by atoms with Gasteiger partial charge in [0.25, 0.3) is 0 Å². The summed E-state index contributed by atoms with van der Waals surface area (Å²) in [4.78, 5) is 4.74. The molecule has 1 aromatic rings. The van der Waals surface area contributed by atoms with Gasteiger partial charge in [-0.25, -0.2) is 0 Å². The van der Waals surface area contributed by atoms with Crippen LogP contribution in [0.4, 0.5) is 0 Å². The fourth-order valence-electron chi connectivity index (χ4n) is 3.27. The minimum absolute atomic E-state index is 0.273.